The zero-order chi connectivity index (χ0) is 14.8. The standard InChI is InChI=1S/C13H14N2O3S2/c1-9-4-5-10(7-11(9)14)15-12(16)8-20(17,18)13-3-2-6-19-13/h2-7H,8,14H2,1H3,(H,15,16). The number of rotatable bonds is 4. The maximum absolute atomic E-state index is 11.9. The first-order valence-electron chi connectivity index (χ1n) is 5.81. The SMILES string of the molecule is Cc1ccc(NC(=O)CS(=O)(=O)c2cccs2)cc1N. The smallest absolute Gasteiger partial charge is 0.239 e. The van der Waals surface area contributed by atoms with Crippen LogP contribution in [0.25, 0.3) is 0 Å². The van der Waals surface area contributed by atoms with Crippen molar-refractivity contribution < 1.29 is 13.2 Å². The molecule has 0 unspecified atom stereocenters. The molecule has 1 aromatic carbocycles. The molecule has 5 nitrogen and oxygen atoms in total. The van der Waals surface area contributed by atoms with Gasteiger partial charge in [0.25, 0.3) is 0 Å². The van der Waals surface area contributed by atoms with Gasteiger partial charge in [-0.05, 0) is 36.1 Å². The highest BCUT2D eigenvalue weighted by Crippen LogP contribution is 2.19. The Kier molecular flexibility index (Phi) is 4.10. The minimum atomic E-state index is -3.58. The summed E-state index contributed by atoms with van der Waals surface area (Å²) in [6.07, 6.45) is 0. The average molecular weight is 310 g/mol. The van der Waals surface area contributed by atoms with E-state index in [1.54, 1.807) is 29.6 Å². The fourth-order valence-corrected chi connectivity index (χ4v) is 3.82. The number of amides is 1. The fourth-order valence-electron chi connectivity index (χ4n) is 1.60. The number of carbonyl (C=O) groups is 1. The van der Waals surface area contributed by atoms with Gasteiger partial charge in [-0.1, -0.05) is 12.1 Å². The van der Waals surface area contributed by atoms with E-state index >= 15 is 0 Å². The molecule has 1 amide bonds. The highest BCUT2D eigenvalue weighted by molar-refractivity contribution is 7.94. The zero-order valence-electron chi connectivity index (χ0n) is 10.8. The Bertz CT molecular complexity index is 722. The topological polar surface area (TPSA) is 89.3 Å². The van der Waals surface area contributed by atoms with E-state index in [4.69, 9.17) is 5.73 Å². The Morgan fingerprint density at radius 2 is 2.10 bits per heavy atom. The highest BCUT2D eigenvalue weighted by atomic mass is 32.2. The van der Waals surface area contributed by atoms with Crippen LogP contribution in [0.1, 0.15) is 5.56 Å². The predicted octanol–water partition coefficient (Wildman–Crippen LogP) is 2.05. The molecule has 0 bridgehead atoms. The minimum Gasteiger partial charge on any atom is -0.398 e. The molecule has 0 atom stereocenters. The van der Waals surface area contributed by atoms with Crippen molar-refractivity contribution in [3.8, 4) is 0 Å². The molecule has 0 radical (unpaired) electrons. The summed E-state index contributed by atoms with van der Waals surface area (Å²) in [5.41, 5.74) is 7.66. The summed E-state index contributed by atoms with van der Waals surface area (Å²) in [5.74, 6) is -1.16. The van der Waals surface area contributed by atoms with Crippen LogP contribution in [0.5, 0.6) is 0 Å². The number of nitrogens with one attached hydrogen (secondary N) is 1. The molecule has 0 saturated heterocycles. The Balaban J connectivity index is 2.08. The van der Waals surface area contributed by atoms with E-state index in [1.807, 2.05) is 6.92 Å². The number of thiophene rings is 1. The Morgan fingerprint density at radius 3 is 2.70 bits per heavy atom. The van der Waals surface area contributed by atoms with Crippen molar-refractivity contribution >= 4 is 38.5 Å². The van der Waals surface area contributed by atoms with Crippen LogP contribution >= 0.6 is 11.3 Å². The molecule has 3 N–H and O–H groups in total. The van der Waals surface area contributed by atoms with Gasteiger partial charge in [0.1, 0.15) is 9.96 Å². The largest absolute Gasteiger partial charge is 0.398 e. The first-order chi connectivity index (χ1) is 9.38. The van der Waals surface area contributed by atoms with Crippen LogP contribution in [-0.2, 0) is 14.6 Å². The summed E-state index contributed by atoms with van der Waals surface area (Å²) in [5, 5.41) is 4.19. The summed E-state index contributed by atoms with van der Waals surface area (Å²) in [6, 6.07) is 8.17. The van der Waals surface area contributed by atoms with Gasteiger partial charge >= 0.3 is 0 Å². The number of nitrogens with two attached hydrogens (primary N) is 1. The third kappa shape index (κ3) is 3.37. The van der Waals surface area contributed by atoms with Crippen molar-refractivity contribution in [1.29, 1.82) is 0 Å². The monoisotopic (exact) mass is 310 g/mol. The molecule has 0 spiro atoms. The summed E-state index contributed by atoms with van der Waals surface area (Å²) in [7, 11) is -3.58. The number of anilines is 2. The summed E-state index contributed by atoms with van der Waals surface area (Å²) in [6.45, 7) is 1.85. The number of hydrogen-bond donors (Lipinski definition) is 2. The third-order valence-corrected chi connectivity index (χ3v) is 5.79. The highest BCUT2D eigenvalue weighted by Gasteiger charge is 2.20. The lowest BCUT2D eigenvalue weighted by Gasteiger charge is -2.07. The predicted molar refractivity (Wildman–Crippen MR) is 80.6 cm³/mol. The van der Waals surface area contributed by atoms with Gasteiger partial charge in [0.2, 0.25) is 5.91 Å². The van der Waals surface area contributed by atoms with Gasteiger partial charge in [-0.15, -0.1) is 11.3 Å². The third-order valence-electron chi connectivity index (χ3n) is 2.69. The van der Waals surface area contributed by atoms with E-state index in [0.717, 1.165) is 16.9 Å². The minimum absolute atomic E-state index is 0.191. The van der Waals surface area contributed by atoms with Crippen LogP contribution in [0.4, 0.5) is 11.4 Å². The normalized spacial score (nSPS) is 11.2. The molecule has 106 valence electrons. The average Bonchev–Trinajstić information content (AvgIpc) is 2.87. The summed E-state index contributed by atoms with van der Waals surface area (Å²) >= 11 is 1.09. The summed E-state index contributed by atoms with van der Waals surface area (Å²) in [4.78, 5) is 11.8. The lowest BCUT2D eigenvalue weighted by Crippen LogP contribution is -2.22. The van der Waals surface area contributed by atoms with Crippen molar-refractivity contribution in [2.75, 3.05) is 16.8 Å². The first kappa shape index (κ1) is 14.5. The molecule has 0 aliphatic heterocycles. The van der Waals surface area contributed by atoms with E-state index in [-0.39, 0.29) is 4.21 Å². The summed E-state index contributed by atoms with van der Waals surface area (Å²) < 4.78 is 24.1. The van der Waals surface area contributed by atoms with E-state index in [1.165, 1.54) is 6.07 Å². The lowest BCUT2D eigenvalue weighted by molar-refractivity contribution is -0.113. The molecule has 0 fully saturated rings. The van der Waals surface area contributed by atoms with Crippen molar-refractivity contribution in [2.45, 2.75) is 11.1 Å². The second-order valence-electron chi connectivity index (χ2n) is 4.31. The number of aryl methyl sites for hydroxylation is 1. The lowest BCUT2D eigenvalue weighted by atomic mass is 10.2. The number of hydrogen-bond acceptors (Lipinski definition) is 5. The van der Waals surface area contributed by atoms with Gasteiger partial charge in [0, 0.05) is 11.4 Å². The molecular formula is C13H14N2O3S2. The molecule has 2 rings (SSSR count). The fraction of sp³-hybridized carbons (Fsp3) is 0.154. The molecule has 2 aromatic rings. The van der Waals surface area contributed by atoms with Crippen molar-refractivity contribution in [3.05, 3.63) is 41.3 Å². The number of carbonyl (C=O) groups excluding carboxylic acids is 1. The van der Waals surface area contributed by atoms with Crippen LogP contribution in [0.15, 0.2) is 39.9 Å². The Labute approximate surface area is 121 Å². The maximum Gasteiger partial charge on any atom is 0.239 e. The van der Waals surface area contributed by atoms with Crippen molar-refractivity contribution in [2.24, 2.45) is 0 Å². The Morgan fingerprint density at radius 1 is 1.35 bits per heavy atom. The van der Waals surface area contributed by atoms with Gasteiger partial charge in [-0.3, -0.25) is 4.79 Å². The van der Waals surface area contributed by atoms with Gasteiger partial charge < -0.3 is 11.1 Å². The van der Waals surface area contributed by atoms with Gasteiger partial charge in [-0.2, -0.15) is 0 Å². The van der Waals surface area contributed by atoms with Gasteiger partial charge in [-0.25, -0.2) is 8.42 Å². The molecule has 1 heterocycles. The maximum atomic E-state index is 11.9. The molecule has 7 heteroatoms. The van der Waals surface area contributed by atoms with Crippen LogP contribution in [0.2, 0.25) is 0 Å². The molecule has 20 heavy (non-hydrogen) atoms. The van der Waals surface area contributed by atoms with Crippen molar-refractivity contribution in [3.63, 3.8) is 0 Å². The zero-order valence-corrected chi connectivity index (χ0v) is 12.4. The quantitative estimate of drug-likeness (QED) is 0.846. The Hall–Kier alpha value is -1.86. The second-order valence-corrected chi connectivity index (χ2v) is 7.47. The van der Waals surface area contributed by atoms with Crippen LogP contribution in [0.3, 0.4) is 0 Å². The molecule has 0 aliphatic carbocycles. The number of benzene rings is 1. The number of nitrogen functional groups attached to an aromatic ring is 1. The number of sulfone groups is 1. The second kappa shape index (κ2) is 5.64. The van der Waals surface area contributed by atoms with Crippen LogP contribution in [0, 0.1) is 6.92 Å². The van der Waals surface area contributed by atoms with E-state index in [9.17, 15) is 13.2 Å². The van der Waals surface area contributed by atoms with E-state index in [0.29, 0.717) is 11.4 Å². The molecular weight excluding hydrogens is 296 g/mol. The van der Waals surface area contributed by atoms with Crippen LogP contribution in [-0.4, -0.2) is 20.1 Å². The van der Waals surface area contributed by atoms with Crippen LogP contribution < -0.4 is 11.1 Å². The molecule has 0 saturated carbocycles. The van der Waals surface area contributed by atoms with E-state index < -0.39 is 21.5 Å². The van der Waals surface area contributed by atoms with E-state index in [2.05, 4.69) is 5.32 Å². The van der Waals surface area contributed by atoms with Crippen molar-refractivity contribution in [1.82, 2.24) is 0 Å². The van der Waals surface area contributed by atoms with Gasteiger partial charge in [0.15, 0.2) is 9.84 Å². The first-order valence-corrected chi connectivity index (χ1v) is 8.34. The molecule has 0 aliphatic rings. The molecule has 1 aromatic heterocycles. The van der Waals surface area contributed by atoms with Gasteiger partial charge in [0.05, 0.1) is 0 Å².